The van der Waals surface area contributed by atoms with Gasteiger partial charge in [0.1, 0.15) is 0 Å². The summed E-state index contributed by atoms with van der Waals surface area (Å²) in [6, 6.07) is 3.03. The molecule has 2 unspecified atom stereocenters. The number of nitrogens with zero attached hydrogens (tertiary/aromatic N) is 2. The van der Waals surface area contributed by atoms with Crippen molar-refractivity contribution in [1.29, 1.82) is 0 Å². The zero-order valence-electron chi connectivity index (χ0n) is 9.83. The van der Waals surface area contributed by atoms with E-state index in [1.54, 1.807) is 0 Å². The number of hydrogen-bond acceptors (Lipinski definition) is 2. The second kappa shape index (κ2) is 4.60. The van der Waals surface area contributed by atoms with Crippen molar-refractivity contribution < 1.29 is 0 Å². The van der Waals surface area contributed by atoms with Crippen molar-refractivity contribution >= 4 is 0 Å². The van der Waals surface area contributed by atoms with Crippen LogP contribution in [0.3, 0.4) is 0 Å². The van der Waals surface area contributed by atoms with Crippen LogP contribution in [0.15, 0.2) is 6.07 Å². The summed E-state index contributed by atoms with van der Waals surface area (Å²) in [5.41, 5.74) is 2.34. The Bertz CT molecular complexity index is 287. The predicted molar refractivity (Wildman–Crippen MR) is 59.6 cm³/mol. The monoisotopic (exact) mass is 195 g/mol. The number of aryl methyl sites for hydroxylation is 2. The SMILES string of the molecule is CCC(NC)C(C)n1nc(C)cc1C. The van der Waals surface area contributed by atoms with E-state index in [4.69, 9.17) is 0 Å². The van der Waals surface area contributed by atoms with Gasteiger partial charge in [-0.3, -0.25) is 4.68 Å². The zero-order valence-corrected chi connectivity index (χ0v) is 9.83. The van der Waals surface area contributed by atoms with Gasteiger partial charge in [0.25, 0.3) is 0 Å². The Morgan fingerprint density at radius 2 is 2.14 bits per heavy atom. The van der Waals surface area contributed by atoms with Crippen LogP contribution in [-0.4, -0.2) is 22.9 Å². The highest BCUT2D eigenvalue weighted by Crippen LogP contribution is 2.16. The fraction of sp³-hybridized carbons (Fsp3) is 0.727. The molecule has 0 aliphatic carbocycles. The smallest absolute Gasteiger partial charge is 0.0646 e. The molecule has 0 saturated heterocycles. The van der Waals surface area contributed by atoms with Gasteiger partial charge in [-0.1, -0.05) is 6.92 Å². The van der Waals surface area contributed by atoms with Crippen LogP contribution in [0.4, 0.5) is 0 Å². The maximum Gasteiger partial charge on any atom is 0.0646 e. The Morgan fingerprint density at radius 3 is 2.50 bits per heavy atom. The van der Waals surface area contributed by atoms with E-state index in [0.717, 1.165) is 12.1 Å². The lowest BCUT2D eigenvalue weighted by atomic mass is 10.1. The average Bonchev–Trinajstić information content (AvgIpc) is 2.47. The lowest BCUT2D eigenvalue weighted by molar-refractivity contribution is 0.350. The summed E-state index contributed by atoms with van der Waals surface area (Å²) in [6.45, 7) is 8.56. The highest BCUT2D eigenvalue weighted by atomic mass is 15.3. The van der Waals surface area contributed by atoms with Crippen molar-refractivity contribution in [1.82, 2.24) is 15.1 Å². The van der Waals surface area contributed by atoms with Crippen LogP contribution in [0.25, 0.3) is 0 Å². The van der Waals surface area contributed by atoms with Crippen LogP contribution in [-0.2, 0) is 0 Å². The summed E-state index contributed by atoms with van der Waals surface area (Å²) < 4.78 is 2.11. The third-order valence-electron chi connectivity index (χ3n) is 2.82. The lowest BCUT2D eigenvalue weighted by Crippen LogP contribution is -2.34. The highest BCUT2D eigenvalue weighted by molar-refractivity contribution is 5.08. The minimum atomic E-state index is 0.415. The van der Waals surface area contributed by atoms with Gasteiger partial charge >= 0.3 is 0 Å². The molecule has 1 rings (SSSR count). The van der Waals surface area contributed by atoms with E-state index in [2.05, 4.69) is 41.9 Å². The molecule has 1 heterocycles. The molecule has 3 heteroatoms. The molecular weight excluding hydrogens is 174 g/mol. The third kappa shape index (κ3) is 2.15. The molecule has 80 valence electrons. The molecule has 2 atom stereocenters. The normalized spacial score (nSPS) is 15.5. The number of nitrogens with one attached hydrogen (secondary N) is 1. The molecule has 1 aromatic rings. The lowest BCUT2D eigenvalue weighted by Gasteiger charge is -2.23. The second-order valence-corrected chi connectivity index (χ2v) is 3.92. The van der Waals surface area contributed by atoms with Gasteiger partial charge < -0.3 is 5.32 Å². The summed E-state index contributed by atoms with van der Waals surface area (Å²) in [5, 5.41) is 7.83. The van der Waals surface area contributed by atoms with E-state index in [1.165, 1.54) is 5.69 Å². The summed E-state index contributed by atoms with van der Waals surface area (Å²) in [5.74, 6) is 0. The predicted octanol–water partition coefficient (Wildman–Crippen LogP) is 2.06. The van der Waals surface area contributed by atoms with E-state index >= 15 is 0 Å². The molecule has 0 amide bonds. The Morgan fingerprint density at radius 1 is 1.50 bits per heavy atom. The summed E-state index contributed by atoms with van der Waals surface area (Å²) in [4.78, 5) is 0. The van der Waals surface area contributed by atoms with Crippen molar-refractivity contribution in [3.05, 3.63) is 17.5 Å². The van der Waals surface area contributed by atoms with Crippen LogP contribution in [0, 0.1) is 13.8 Å². The van der Waals surface area contributed by atoms with E-state index in [0.29, 0.717) is 12.1 Å². The van der Waals surface area contributed by atoms with Crippen molar-refractivity contribution in [3.63, 3.8) is 0 Å². The molecule has 0 aliphatic rings. The van der Waals surface area contributed by atoms with Crippen LogP contribution in [0.5, 0.6) is 0 Å². The minimum absolute atomic E-state index is 0.415. The van der Waals surface area contributed by atoms with Crippen molar-refractivity contribution in [2.45, 2.75) is 46.2 Å². The van der Waals surface area contributed by atoms with E-state index < -0.39 is 0 Å². The summed E-state index contributed by atoms with van der Waals surface area (Å²) in [6.07, 6.45) is 1.12. The van der Waals surface area contributed by atoms with E-state index in [-0.39, 0.29) is 0 Å². The zero-order chi connectivity index (χ0) is 10.7. The van der Waals surface area contributed by atoms with Crippen LogP contribution in [0.1, 0.15) is 37.7 Å². The van der Waals surface area contributed by atoms with Gasteiger partial charge in [0.2, 0.25) is 0 Å². The molecule has 1 aromatic heterocycles. The Kier molecular flexibility index (Phi) is 3.69. The molecule has 0 aliphatic heterocycles. The number of hydrogen-bond donors (Lipinski definition) is 1. The first kappa shape index (κ1) is 11.2. The fourth-order valence-electron chi connectivity index (χ4n) is 2.02. The third-order valence-corrected chi connectivity index (χ3v) is 2.82. The summed E-state index contributed by atoms with van der Waals surface area (Å²) >= 11 is 0. The van der Waals surface area contributed by atoms with Crippen molar-refractivity contribution in [2.75, 3.05) is 7.05 Å². The molecular formula is C11H21N3. The van der Waals surface area contributed by atoms with E-state index in [9.17, 15) is 0 Å². The average molecular weight is 195 g/mol. The topological polar surface area (TPSA) is 29.9 Å². The first-order valence-corrected chi connectivity index (χ1v) is 5.30. The van der Waals surface area contributed by atoms with Gasteiger partial charge in [0, 0.05) is 11.7 Å². The quantitative estimate of drug-likeness (QED) is 0.797. The molecule has 1 N–H and O–H groups in total. The van der Waals surface area contributed by atoms with Gasteiger partial charge in [-0.2, -0.15) is 5.10 Å². The Labute approximate surface area is 86.5 Å². The standard InChI is InChI=1S/C11H21N3/c1-6-11(12-5)10(4)14-9(3)7-8(2)13-14/h7,10-12H,6H2,1-5H3. The maximum atomic E-state index is 4.50. The number of rotatable bonds is 4. The largest absolute Gasteiger partial charge is 0.315 e. The molecule has 0 bridgehead atoms. The molecule has 3 nitrogen and oxygen atoms in total. The molecule has 0 radical (unpaired) electrons. The second-order valence-electron chi connectivity index (χ2n) is 3.92. The number of aromatic nitrogens is 2. The highest BCUT2D eigenvalue weighted by Gasteiger charge is 2.17. The van der Waals surface area contributed by atoms with Crippen LogP contribution < -0.4 is 5.32 Å². The molecule has 0 spiro atoms. The van der Waals surface area contributed by atoms with Gasteiger partial charge in [-0.25, -0.2) is 0 Å². The van der Waals surface area contributed by atoms with Crippen LogP contribution >= 0.6 is 0 Å². The van der Waals surface area contributed by atoms with Gasteiger partial charge in [-0.05, 0) is 40.3 Å². The first-order chi connectivity index (χ1) is 6.60. The first-order valence-electron chi connectivity index (χ1n) is 5.30. The van der Waals surface area contributed by atoms with Gasteiger partial charge in [0.15, 0.2) is 0 Å². The van der Waals surface area contributed by atoms with Crippen molar-refractivity contribution in [3.8, 4) is 0 Å². The molecule has 0 aromatic carbocycles. The van der Waals surface area contributed by atoms with E-state index in [1.807, 2.05) is 14.0 Å². The Hall–Kier alpha value is -0.830. The molecule has 0 saturated carbocycles. The van der Waals surface area contributed by atoms with Crippen LogP contribution in [0.2, 0.25) is 0 Å². The Balaban J connectivity index is 2.87. The van der Waals surface area contributed by atoms with Gasteiger partial charge in [0.05, 0.1) is 11.7 Å². The molecule has 14 heavy (non-hydrogen) atoms. The minimum Gasteiger partial charge on any atom is -0.315 e. The fourth-order valence-corrected chi connectivity index (χ4v) is 2.02. The van der Waals surface area contributed by atoms with Gasteiger partial charge in [-0.15, -0.1) is 0 Å². The maximum absolute atomic E-state index is 4.50. The summed E-state index contributed by atoms with van der Waals surface area (Å²) in [7, 11) is 2.01. The molecule has 0 fully saturated rings. The number of likely N-dealkylation sites (N-methyl/N-ethyl adjacent to an activating group) is 1. The van der Waals surface area contributed by atoms with Crippen molar-refractivity contribution in [2.24, 2.45) is 0 Å².